The van der Waals surface area contributed by atoms with Crippen LogP contribution in [-0.2, 0) is 23.6 Å². The molecule has 0 spiro atoms. The number of piperazine rings is 1. The van der Waals surface area contributed by atoms with Gasteiger partial charge in [-0.15, -0.1) is 5.10 Å². The van der Waals surface area contributed by atoms with Crippen LogP contribution in [0.3, 0.4) is 0 Å². The van der Waals surface area contributed by atoms with Crippen LogP contribution in [0.1, 0.15) is 48.4 Å². The molecule has 0 saturated carbocycles. The maximum absolute atomic E-state index is 14.0. The van der Waals surface area contributed by atoms with Crippen LogP contribution in [0.5, 0.6) is 0 Å². The van der Waals surface area contributed by atoms with Crippen molar-refractivity contribution in [3.8, 4) is 11.4 Å². The predicted octanol–water partition coefficient (Wildman–Crippen LogP) is 4.05. The van der Waals surface area contributed by atoms with Crippen molar-refractivity contribution in [3.63, 3.8) is 0 Å². The second kappa shape index (κ2) is 15.4. The average Bonchev–Trinajstić information content (AvgIpc) is 3.53. The number of amides is 3. The number of carbonyl (C=O) groups is 2. The number of urea groups is 1. The van der Waals surface area contributed by atoms with E-state index in [9.17, 15) is 40.7 Å². The number of nitrogens with zero attached hydrogens (tertiary/aromatic N) is 6. The Bertz CT molecular complexity index is 1770. The van der Waals surface area contributed by atoms with E-state index in [1.165, 1.54) is 14.5 Å². The third-order valence-electron chi connectivity index (χ3n) is 10.5. The molecule has 3 saturated heterocycles. The van der Waals surface area contributed by atoms with E-state index < -0.39 is 64.8 Å². The number of alkyl halides is 6. The smallest absolute Gasteiger partial charge is 0.398 e. The Labute approximate surface area is 301 Å². The van der Waals surface area contributed by atoms with Gasteiger partial charge in [0.1, 0.15) is 6.04 Å². The highest BCUT2D eigenvalue weighted by molar-refractivity contribution is 5.87. The number of carbonyl (C=O) groups excluding carboxylic acids is 2. The molecule has 3 fully saturated rings. The second-order valence-corrected chi connectivity index (χ2v) is 14.0. The van der Waals surface area contributed by atoms with E-state index in [2.05, 4.69) is 32.2 Å². The number of nitrogen functional groups attached to an aromatic ring is 1. The summed E-state index contributed by atoms with van der Waals surface area (Å²) in [6.07, 6.45) is -8.40. The minimum atomic E-state index is -5.20. The second-order valence-electron chi connectivity index (χ2n) is 14.0. The summed E-state index contributed by atoms with van der Waals surface area (Å²) in [4.78, 5) is 50.6. The Morgan fingerprint density at radius 3 is 1.98 bits per heavy atom. The first-order valence-electron chi connectivity index (χ1n) is 17.7. The van der Waals surface area contributed by atoms with Gasteiger partial charge in [-0.25, -0.2) is 14.3 Å². The predicted molar refractivity (Wildman–Crippen MR) is 184 cm³/mol. The number of rotatable bonds is 7. The van der Waals surface area contributed by atoms with E-state index in [-0.39, 0.29) is 32.2 Å². The highest BCUT2D eigenvalue weighted by Crippen LogP contribution is 2.42. The SMILES string of the molecule is CN1CCC(N2CCN(C(=O)[C@@H](Cc3cc(C(F)(F)F)c(N)c(C(F)(F)F)c3)NC(=O)N3CCC(n4nc(-c5ccccc5)[nH]c4=O)CC3)CC2)CC1. The van der Waals surface area contributed by atoms with Crippen LogP contribution >= 0.6 is 0 Å². The number of aromatic nitrogens is 3. The van der Waals surface area contributed by atoms with E-state index in [1.807, 2.05) is 18.2 Å². The zero-order chi connectivity index (χ0) is 38.1. The Morgan fingerprint density at radius 1 is 0.849 bits per heavy atom. The Balaban J connectivity index is 1.18. The maximum Gasteiger partial charge on any atom is 0.418 e. The molecule has 1 atom stereocenters. The molecule has 12 nitrogen and oxygen atoms in total. The number of anilines is 1. The zero-order valence-electron chi connectivity index (χ0n) is 29.2. The number of aromatic amines is 1. The Kier molecular flexibility index (Phi) is 11.1. The van der Waals surface area contributed by atoms with Gasteiger partial charge < -0.3 is 25.8 Å². The fourth-order valence-corrected chi connectivity index (χ4v) is 7.49. The summed E-state index contributed by atoms with van der Waals surface area (Å²) in [5, 5.41) is 7.07. The van der Waals surface area contributed by atoms with Gasteiger partial charge in [0, 0.05) is 57.3 Å². The molecular formula is C35H43F6N9O3. The molecule has 4 heterocycles. The van der Waals surface area contributed by atoms with Crippen LogP contribution in [0.15, 0.2) is 47.3 Å². The van der Waals surface area contributed by atoms with E-state index >= 15 is 0 Å². The van der Waals surface area contributed by atoms with Crippen LogP contribution in [0.2, 0.25) is 0 Å². The van der Waals surface area contributed by atoms with Gasteiger partial charge in [-0.05, 0) is 63.5 Å². The molecule has 1 aromatic heterocycles. The summed E-state index contributed by atoms with van der Waals surface area (Å²) in [7, 11) is 2.06. The molecular weight excluding hydrogens is 708 g/mol. The topological polar surface area (TPSA) is 136 Å². The first-order chi connectivity index (χ1) is 25.1. The van der Waals surface area contributed by atoms with Crippen LogP contribution in [-0.4, -0.2) is 118 Å². The zero-order valence-corrected chi connectivity index (χ0v) is 29.2. The van der Waals surface area contributed by atoms with Crippen molar-refractivity contribution in [1.82, 2.24) is 39.7 Å². The molecule has 0 aliphatic carbocycles. The van der Waals surface area contributed by atoms with Gasteiger partial charge in [-0.2, -0.15) is 26.3 Å². The number of hydrogen-bond donors (Lipinski definition) is 3. The molecule has 0 radical (unpaired) electrons. The number of likely N-dealkylation sites (tertiary alicyclic amines) is 2. The van der Waals surface area contributed by atoms with Gasteiger partial charge in [-0.1, -0.05) is 30.3 Å². The number of hydrogen-bond acceptors (Lipinski definition) is 7. The van der Waals surface area contributed by atoms with Crippen molar-refractivity contribution in [3.05, 3.63) is 69.6 Å². The van der Waals surface area contributed by atoms with Gasteiger partial charge in [0.05, 0.1) is 22.9 Å². The molecule has 53 heavy (non-hydrogen) atoms. The standard InChI is InChI=1S/C35H43F6N9O3/c1-46-11-7-24(8-12-46)47-15-17-48(18-16-47)31(51)28(21-22-19-26(34(36,37)38)29(42)27(20-22)35(39,40)41)43-32(52)49-13-9-25(10-14-49)50-33(53)44-30(45-50)23-5-3-2-4-6-23/h2-6,19-20,24-25,28H,7-18,21,42H2,1H3,(H,43,52)(H,44,45,53)/t28-/m1/s1. The number of halogens is 6. The first kappa shape index (κ1) is 38.2. The monoisotopic (exact) mass is 751 g/mol. The molecule has 18 heteroatoms. The number of nitrogens with two attached hydrogens (primary N) is 1. The molecule has 0 bridgehead atoms. The molecule has 4 N–H and O–H groups in total. The van der Waals surface area contributed by atoms with Crippen molar-refractivity contribution in [2.45, 2.75) is 62.6 Å². The number of H-pyrrole nitrogens is 1. The third kappa shape index (κ3) is 8.80. The van der Waals surface area contributed by atoms with Crippen molar-refractivity contribution in [2.24, 2.45) is 0 Å². The van der Waals surface area contributed by atoms with E-state index in [0.29, 0.717) is 49.9 Å². The van der Waals surface area contributed by atoms with Gasteiger partial charge >= 0.3 is 24.1 Å². The van der Waals surface area contributed by atoms with Crippen molar-refractivity contribution < 1.29 is 35.9 Å². The fraction of sp³-hybridized carbons (Fsp3) is 0.543. The van der Waals surface area contributed by atoms with Crippen molar-refractivity contribution in [1.29, 1.82) is 0 Å². The molecule has 0 unspecified atom stereocenters. The van der Waals surface area contributed by atoms with Crippen LogP contribution in [0, 0.1) is 0 Å². The average molecular weight is 752 g/mol. The van der Waals surface area contributed by atoms with Crippen LogP contribution < -0.4 is 16.7 Å². The number of benzene rings is 2. The summed E-state index contributed by atoms with van der Waals surface area (Å²) in [6, 6.07) is 7.93. The lowest BCUT2D eigenvalue weighted by Crippen LogP contribution is -2.59. The van der Waals surface area contributed by atoms with Crippen LogP contribution in [0.4, 0.5) is 36.8 Å². The summed E-state index contributed by atoms with van der Waals surface area (Å²) in [6.45, 7) is 3.88. The van der Waals surface area contributed by atoms with Crippen molar-refractivity contribution in [2.75, 3.05) is 65.1 Å². The lowest BCUT2D eigenvalue weighted by Gasteiger charge is -2.43. The highest BCUT2D eigenvalue weighted by Gasteiger charge is 2.42. The van der Waals surface area contributed by atoms with Gasteiger partial charge in [-0.3, -0.25) is 14.7 Å². The maximum atomic E-state index is 14.0. The van der Waals surface area contributed by atoms with Gasteiger partial charge in [0.15, 0.2) is 5.82 Å². The minimum absolute atomic E-state index is 0.158. The quantitative estimate of drug-likeness (QED) is 0.245. The largest absolute Gasteiger partial charge is 0.418 e. The van der Waals surface area contributed by atoms with E-state index in [1.54, 1.807) is 12.1 Å². The molecule has 3 aliphatic heterocycles. The summed E-state index contributed by atoms with van der Waals surface area (Å²) >= 11 is 0. The lowest BCUT2D eigenvalue weighted by atomic mass is 9.96. The van der Waals surface area contributed by atoms with Gasteiger partial charge in [0.2, 0.25) is 5.91 Å². The fourth-order valence-electron chi connectivity index (χ4n) is 7.49. The molecule has 3 aromatic rings. The first-order valence-corrected chi connectivity index (χ1v) is 17.7. The number of nitrogens with one attached hydrogen (secondary N) is 2. The Hall–Kier alpha value is -4.58. The molecule has 6 rings (SSSR count). The van der Waals surface area contributed by atoms with Gasteiger partial charge in [0.25, 0.3) is 0 Å². The van der Waals surface area contributed by atoms with E-state index in [0.717, 1.165) is 31.5 Å². The molecule has 288 valence electrons. The van der Waals surface area contributed by atoms with Crippen molar-refractivity contribution >= 4 is 17.6 Å². The molecule has 2 aromatic carbocycles. The minimum Gasteiger partial charge on any atom is -0.398 e. The summed E-state index contributed by atoms with van der Waals surface area (Å²) in [5.74, 6) is -0.207. The summed E-state index contributed by atoms with van der Waals surface area (Å²) in [5.41, 5.74) is 0.431. The van der Waals surface area contributed by atoms with Crippen LogP contribution in [0.25, 0.3) is 11.4 Å². The normalized spacial score (nSPS) is 19.4. The highest BCUT2D eigenvalue weighted by atomic mass is 19.4. The lowest BCUT2D eigenvalue weighted by molar-refractivity contribution is -0.141. The number of piperidine rings is 2. The Morgan fingerprint density at radius 2 is 1.42 bits per heavy atom. The van der Waals surface area contributed by atoms with E-state index in [4.69, 9.17) is 5.73 Å². The third-order valence-corrected chi connectivity index (χ3v) is 10.5. The summed E-state index contributed by atoms with van der Waals surface area (Å²) < 4.78 is 84.6. The molecule has 3 aliphatic rings. The molecule has 3 amide bonds.